The number of methoxy groups -OCH3 is 3. The van der Waals surface area contributed by atoms with E-state index in [1.54, 1.807) is 32.4 Å². The fourth-order valence-corrected chi connectivity index (χ4v) is 2.25. The van der Waals surface area contributed by atoms with Gasteiger partial charge in [-0.05, 0) is 18.2 Å². The van der Waals surface area contributed by atoms with Gasteiger partial charge in [0.15, 0.2) is 11.5 Å². The number of nitrogens with two attached hydrogens (primary N) is 1. The zero-order valence-electron chi connectivity index (χ0n) is 13.0. The summed E-state index contributed by atoms with van der Waals surface area (Å²) in [6.45, 7) is 0.137. The highest BCUT2D eigenvalue weighted by Gasteiger charge is 2.19. The lowest BCUT2D eigenvalue weighted by atomic mass is 10.1. The van der Waals surface area contributed by atoms with Crippen LogP contribution in [0.2, 0.25) is 0 Å². The molecule has 2 N–H and O–H groups in total. The van der Waals surface area contributed by atoms with Gasteiger partial charge in [0.25, 0.3) is 5.56 Å². The lowest BCUT2D eigenvalue weighted by molar-refractivity contribution is 0.325. The fourth-order valence-electron chi connectivity index (χ4n) is 2.25. The molecule has 0 saturated carbocycles. The van der Waals surface area contributed by atoms with Crippen LogP contribution in [0.25, 0.3) is 11.3 Å². The van der Waals surface area contributed by atoms with Crippen molar-refractivity contribution in [1.29, 1.82) is 0 Å². The maximum absolute atomic E-state index is 11.9. The summed E-state index contributed by atoms with van der Waals surface area (Å²) in [5.41, 5.74) is 7.14. The van der Waals surface area contributed by atoms with E-state index in [2.05, 4.69) is 5.10 Å². The smallest absolute Gasteiger partial charge is 0.271 e. The Bertz CT molecular complexity index is 740. The first-order chi connectivity index (χ1) is 10.6. The third-order valence-corrected chi connectivity index (χ3v) is 3.34. The summed E-state index contributed by atoms with van der Waals surface area (Å²) in [6.07, 6.45) is 0. The standard InChI is InChI=1S/C15H19N3O4/c1-18-15(19)9(8-16)7-11(17-18)10-5-6-12(20-2)14(22-4)13(10)21-3/h5-7H,8,16H2,1-4H3. The minimum Gasteiger partial charge on any atom is -0.493 e. The van der Waals surface area contributed by atoms with Crippen LogP contribution in [0.1, 0.15) is 5.56 Å². The van der Waals surface area contributed by atoms with E-state index < -0.39 is 0 Å². The number of hydrogen-bond donors (Lipinski definition) is 1. The highest BCUT2D eigenvalue weighted by Crippen LogP contribution is 2.43. The number of nitrogens with zero attached hydrogens (tertiary/aromatic N) is 2. The quantitative estimate of drug-likeness (QED) is 0.884. The lowest BCUT2D eigenvalue weighted by Gasteiger charge is -2.16. The summed E-state index contributed by atoms with van der Waals surface area (Å²) in [7, 11) is 6.20. The van der Waals surface area contributed by atoms with Crippen molar-refractivity contribution in [2.75, 3.05) is 21.3 Å². The van der Waals surface area contributed by atoms with Gasteiger partial charge in [0, 0.05) is 24.7 Å². The van der Waals surface area contributed by atoms with Crippen molar-refractivity contribution < 1.29 is 14.2 Å². The molecule has 1 aromatic heterocycles. The molecule has 1 heterocycles. The van der Waals surface area contributed by atoms with Crippen molar-refractivity contribution in [3.8, 4) is 28.5 Å². The molecule has 0 aliphatic carbocycles. The molecule has 118 valence electrons. The van der Waals surface area contributed by atoms with Crippen LogP contribution < -0.4 is 25.5 Å². The van der Waals surface area contributed by atoms with E-state index in [-0.39, 0.29) is 12.1 Å². The van der Waals surface area contributed by atoms with E-state index in [4.69, 9.17) is 19.9 Å². The molecule has 0 spiro atoms. The summed E-state index contributed by atoms with van der Waals surface area (Å²) in [6, 6.07) is 5.21. The van der Waals surface area contributed by atoms with Crippen LogP contribution in [-0.4, -0.2) is 31.1 Å². The predicted molar refractivity (Wildman–Crippen MR) is 82.5 cm³/mol. The molecule has 7 nitrogen and oxygen atoms in total. The summed E-state index contributed by atoms with van der Waals surface area (Å²) >= 11 is 0. The van der Waals surface area contributed by atoms with Crippen molar-refractivity contribution in [3.63, 3.8) is 0 Å². The van der Waals surface area contributed by atoms with Crippen LogP contribution in [0.15, 0.2) is 23.0 Å². The second kappa shape index (κ2) is 6.48. The molecule has 22 heavy (non-hydrogen) atoms. The second-order valence-corrected chi connectivity index (χ2v) is 4.57. The Morgan fingerprint density at radius 1 is 1.14 bits per heavy atom. The minimum absolute atomic E-state index is 0.137. The van der Waals surface area contributed by atoms with Gasteiger partial charge in [-0.1, -0.05) is 0 Å². The molecule has 0 aliphatic heterocycles. The van der Waals surface area contributed by atoms with Crippen LogP contribution in [0.3, 0.4) is 0 Å². The van der Waals surface area contributed by atoms with Gasteiger partial charge in [-0.25, -0.2) is 4.68 Å². The zero-order chi connectivity index (χ0) is 16.3. The molecule has 1 aromatic carbocycles. The Morgan fingerprint density at radius 2 is 1.82 bits per heavy atom. The van der Waals surface area contributed by atoms with E-state index in [9.17, 15) is 4.79 Å². The molecule has 0 radical (unpaired) electrons. The first kappa shape index (κ1) is 15.8. The summed E-state index contributed by atoms with van der Waals surface area (Å²) in [4.78, 5) is 11.9. The monoisotopic (exact) mass is 305 g/mol. The Balaban J connectivity index is 2.72. The average Bonchev–Trinajstić information content (AvgIpc) is 2.55. The van der Waals surface area contributed by atoms with Crippen LogP contribution in [0.5, 0.6) is 17.2 Å². The number of benzene rings is 1. The molecule has 0 atom stereocenters. The van der Waals surface area contributed by atoms with Crippen molar-refractivity contribution in [2.24, 2.45) is 12.8 Å². The van der Waals surface area contributed by atoms with Crippen molar-refractivity contribution >= 4 is 0 Å². The van der Waals surface area contributed by atoms with Crippen LogP contribution in [0.4, 0.5) is 0 Å². The Labute approximate surface area is 128 Å². The van der Waals surface area contributed by atoms with Crippen molar-refractivity contribution in [3.05, 3.63) is 34.1 Å². The average molecular weight is 305 g/mol. The normalized spacial score (nSPS) is 10.4. The van der Waals surface area contributed by atoms with Crippen LogP contribution in [0, 0.1) is 0 Å². The highest BCUT2D eigenvalue weighted by molar-refractivity contribution is 5.74. The van der Waals surface area contributed by atoms with E-state index in [0.717, 1.165) is 0 Å². The Morgan fingerprint density at radius 3 is 2.36 bits per heavy atom. The largest absolute Gasteiger partial charge is 0.493 e. The minimum atomic E-state index is -0.217. The molecule has 0 amide bonds. The van der Waals surface area contributed by atoms with Gasteiger partial charge in [0.05, 0.1) is 27.0 Å². The van der Waals surface area contributed by atoms with Crippen molar-refractivity contribution in [2.45, 2.75) is 6.54 Å². The van der Waals surface area contributed by atoms with E-state index in [1.807, 2.05) is 0 Å². The van der Waals surface area contributed by atoms with Crippen LogP contribution >= 0.6 is 0 Å². The number of hydrogen-bond acceptors (Lipinski definition) is 6. The molecule has 2 aromatic rings. The van der Waals surface area contributed by atoms with Gasteiger partial charge in [0.2, 0.25) is 5.75 Å². The van der Waals surface area contributed by atoms with E-state index in [0.29, 0.717) is 34.1 Å². The highest BCUT2D eigenvalue weighted by atomic mass is 16.5. The van der Waals surface area contributed by atoms with Gasteiger partial charge in [-0.3, -0.25) is 4.79 Å². The third kappa shape index (κ3) is 2.62. The Hall–Kier alpha value is -2.54. The number of aryl methyl sites for hydroxylation is 1. The zero-order valence-corrected chi connectivity index (χ0v) is 13.0. The van der Waals surface area contributed by atoms with Gasteiger partial charge in [-0.15, -0.1) is 0 Å². The number of ether oxygens (including phenoxy) is 3. The molecule has 7 heteroatoms. The van der Waals surface area contributed by atoms with Gasteiger partial charge >= 0.3 is 0 Å². The molecule has 0 unspecified atom stereocenters. The first-order valence-corrected chi connectivity index (χ1v) is 6.64. The molecular weight excluding hydrogens is 286 g/mol. The third-order valence-electron chi connectivity index (χ3n) is 3.34. The fraction of sp³-hybridized carbons (Fsp3) is 0.333. The molecule has 0 bridgehead atoms. The molecule has 0 fully saturated rings. The van der Waals surface area contributed by atoms with E-state index >= 15 is 0 Å². The number of rotatable bonds is 5. The first-order valence-electron chi connectivity index (χ1n) is 6.64. The second-order valence-electron chi connectivity index (χ2n) is 4.57. The number of aromatic nitrogens is 2. The maximum Gasteiger partial charge on any atom is 0.271 e. The van der Waals surface area contributed by atoms with Crippen molar-refractivity contribution in [1.82, 2.24) is 9.78 Å². The predicted octanol–water partition coefficient (Wildman–Crippen LogP) is 0.932. The van der Waals surface area contributed by atoms with Crippen LogP contribution in [-0.2, 0) is 13.6 Å². The topological polar surface area (TPSA) is 88.6 Å². The van der Waals surface area contributed by atoms with E-state index in [1.165, 1.54) is 18.9 Å². The summed E-state index contributed by atoms with van der Waals surface area (Å²) in [5, 5.41) is 4.26. The Kier molecular flexibility index (Phi) is 4.67. The molecule has 0 saturated heterocycles. The molecule has 2 rings (SSSR count). The summed E-state index contributed by atoms with van der Waals surface area (Å²) in [5.74, 6) is 1.50. The SMILES string of the molecule is COc1ccc(-c2cc(CN)c(=O)n(C)n2)c(OC)c1OC. The molecular formula is C15H19N3O4. The maximum atomic E-state index is 11.9. The lowest BCUT2D eigenvalue weighted by Crippen LogP contribution is -2.25. The summed E-state index contributed by atoms with van der Waals surface area (Å²) < 4.78 is 17.3. The van der Waals surface area contributed by atoms with Gasteiger partial charge < -0.3 is 19.9 Å². The van der Waals surface area contributed by atoms with Gasteiger partial charge in [0.1, 0.15) is 0 Å². The van der Waals surface area contributed by atoms with Gasteiger partial charge in [-0.2, -0.15) is 5.10 Å². The molecule has 0 aliphatic rings.